The van der Waals surface area contributed by atoms with Gasteiger partial charge in [-0.2, -0.15) is 0 Å². The van der Waals surface area contributed by atoms with Crippen LogP contribution in [0.25, 0.3) is 10.2 Å². The van der Waals surface area contributed by atoms with E-state index >= 15 is 0 Å². The molecule has 1 aliphatic heterocycles. The lowest BCUT2D eigenvalue weighted by atomic mass is 10.3. The molecule has 2 heterocycles. The largest absolute Gasteiger partial charge is 0.379 e. The van der Waals surface area contributed by atoms with Crippen LogP contribution in [0.3, 0.4) is 0 Å². The minimum Gasteiger partial charge on any atom is -0.379 e. The number of nitrogens with zero attached hydrogens (tertiary/aromatic N) is 3. The van der Waals surface area contributed by atoms with E-state index in [0.717, 1.165) is 29.2 Å². The van der Waals surface area contributed by atoms with Crippen molar-refractivity contribution in [2.75, 3.05) is 50.0 Å². The van der Waals surface area contributed by atoms with Gasteiger partial charge in [-0.1, -0.05) is 29.0 Å². The van der Waals surface area contributed by atoms with Gasteiger partial charge in [-0.25, -0.2) is 9.37 Å². The summed E-state index contributed by atoms with van der Waals surface area (Å²) >= 11 is 8.90. The first-order chi connectivity index (χ1) is 15.1. The Hall–Kier alpha value is -1.42. The second-order valence-corrected chi connectivity index (χ2v) is 9.75. The highest BCUT2D eigenvalue weighted by molar-refractivity contribution is 7.99. The number of anilines is 1. The van der Waals surface area contributed by atoms with Crippen LogP contribution < -0.4 is 4.90 Å². The summed E-state index contributed by atoms with van der Waals surface area (Å²) in [6.07, 6.45) is 0.370. The molecular weight excluding hydrogens is 492 g/mol. The fraction of sp³-hybridized carbons (Fsp3) is 0.364. The van der Waals surface area contributed by atoms with Crippen LogP contribution in [0.2, 0.25) is 5.02 Å². The second kappa shape index (κ2) is 12.2. The van der Waals surface area contributed by atoms with Gasteiger partial charge in [0.25, 0.3) is 0 Å². The molecule has 3 aromatic rings. The zero-order valence-corrected chi connectivity index (χ0v) is 20.5. The summed E-state index contributed by atoms with van der Waals surface area (Å²) in [4.78, 5) is 22.7. The van der Waals surface area contributed by atoms with E-state index in [2.05, 4.69) is 9.88 Å². The van der Waals surface area contributed by atoms with Crippen molar-refractivity contribution in [1.82, 2.24) is 9.88 Å². The average molecular weight is 516 g/mol. The average Bonchev–Trinajstić information content (AvgIpc) is 3.21. The van der Waals surface area contributed by atoms with Crippen LogP contribution in [0.4, 0.5) is 9.52 Å². The Morgan fingerprint density at radius 2 is 1.97 bits per heavy atom. The van der Waals surface area contributed by atoms with E-state index in [1.54, 1.807) is 22.7 Å². The number of thiazole rings is 1. The number of fused-ring (bicyclic) bond motifs is 1. The lowest BCUT2D eigenvalue weighted by molar-refractivity contribution is -0.118. The molecule has 0 aliphatic carbocycles. The molecule has 0 N–H and O–H groups in total. The van der Waals surface area contributed by atoms with E-state index in [1.165, 1.54) is 17.4 Å². The van der Waals surface area contributed by atoms with Crippen molar-refractivity contribution < 1.29 is 13.9 Å². The number of hydrogen-bond donors (Lipinski definition) is 0. The topological polar surface area (TPSA) is 45.7 Å². The molecule has 0 radical (unpaired) electrons. The number of carbonyl (C=O) groups is 1. The van der Waals surface area contributed by atoms with Gasteiger partial charge in [-0.15, -0.1) is 24.2 Å². The van der Waals surface area contributed by atoms with Crippen molar-refractivity contribution in [3.05, 3.63) is 53.3 Å². The number of rotatable bonds is 8. The van der Waals surface area contributed by atoms with Crippen molar-refractivity contribution in [3.8, 4) is 0 Å². The van der Waals surface area contributed by atoms with Gasteiger partial charge >= 0.3 is 0 Å². The predicted octanol–water partition coefficient (Wildman–Crippen LogP) is 5.36. The van der Waals surface area contributed by atoms with Crippen LogP contribution in [-0.2, 0) is 9.53 Å². The highest BCUT2D eigenvalue weighted by atomic mass is 35.5. The maximum atomic E-state index is 14.2. The van der Waals surface area contributed by atoms with Crippen molar-refractivity contribution in [3.63, 3.8) is 0 Å². The monoisotopic (exact) mass is 515 g/mol. The molecule has 1 fully saturated rings. The van der Waals surface area contributed by atoms with Gasteiger partial charge in [0.2, 0.25) is 5.91 Å². The van der Waals surface area contributed by atoms with Gasteiger partial charge < -0.3 is 4.74 Å². The maximum Gasteiger partial charge on any atom is 0.229 e. The molecule has 172 valence electrons. The zero-order chi connectivity index (χ0) is 21.6. The fourth-order valence-electron chi connectivity index (χ4n) is 3.33. The smallest absolute Gasteiger partial charge is 0.229 e. The molecule has 0 unspecified atom stereocenters. The van der Waals surface area contributed by atoms with Crippen molar-refractivity contribution >= 4 is 68.4 Å². The van der Waals surface area contributed by atoms with Crippen molar-refractivity contribution in [1.29, 1.82) is 0 Å². The number of carbonyl (C=O) groups excluding carboxylic acids is 1. The molecule has 2 aromatic carbocycles. The van der Waals surface area contributed by atoms with Gasteiger partial charge in [0.1, 0.15) is 11.3 Å². The van der Waals surface area contributed by atoms with Crippen molar-refractivity contribution in [2.45, 2.75) is 11.3 Å². The van der Waals surface area contributed by atoms with E-state index < -0.39 is 0 Å². The third-order valence-electron chi connectivity index (χ3n) is 5.03. The number of halogens is 3. The summed E-state index contributed by atoms with van der Waals surface area (Å²) in [5.74, 6) is 0.279. The maximum absolute atomic E-state index is 14.2. The molecule has 4 rings (SSSR count). The Kier molecular flexibility index (Phi) is 9.58. The van der Waals surface area contributed by atoms with Crippen LogP contribution in [-0.4, -0.2) is 60.9 Å². The first-order valence-corrected chi connectivity index (χ1v) is 12.3. The van der Waals surface area contributed by atoms with Crippen LogP contribution in [0, 0.1) is 5.82 Å². The first-order valence-electron chi connectivity index (χ1n) is 10.1. The van der Waals surface area contributed by atoms with Gasteiger partial charge in [0.05, 0.1) is 17.9 Å². The highest BCUT2D eigenvalue weighted by Crippen LogP contribution is 2.31. The molecule has 1 aliphatic rings. The Morgan fingerprint density at radius 3 is 2.69 bits per heavy atom. The van der Waals surface area contributed by atoms with Crippen LogP contribution >= 0.6 is 47.1 Å². The standard InChI is InChI=1S/C22H23ClFN3O2S2.ClH/c23-16-4-6-17(7-5-16)30-15-8-20(28)27(10-9-26-11-13-29-14-12-26)22-25-21-18(24)2-1-3-19(21)31-22;/h1-7H,8-15H2;1H. The van der Waals surface area contributed by atoms with E-state index in [-0.39, 0.29) is 24.1 Å². The number of morpholine rings is 1. The number of hydrogen-bond acceptors (Lipinski definition) is 6. The molecular formula is C22H24Cl2FN3O2S2. The number of benzene rings is 2. The summed E-state index contributed by atoms with van der Waals surface area (Å²) in [6.45, 7) is 4.37. The summed E-state index contributed by atoms with van der Waals surface area (Å²) in [6, 6.07) is 12.5. The summed E-state index contributed by atoms with van der Waals surface area (Å²) in [5.41, 5.74) is 0.321. The van der Waals surface area contributed by atoms with Gasteiger partial charge in [-0.3, -0.25) is 14.6 Å². The summed E-state index contributed by atoms with van der Waals surface area (Å²) in [7, 11) is 0. The molecule has 0 atom stereocenters. The molecule has 1 saturated heterocycles. The van der Waals surface area contributed by atoms with Gasteiger partial charge in [0.15, 0.2) is 5.13 Å². The summed E-state index contributed by atoms with van der Waals surface area (Å²) < 4.78 is 20.3. The molecule has 32 heavy (non-hydrogen) atoms. The molecule has 1 aromatic heterocycles. The molecule has 10 heteroatoms. The Morgan fingerprint density at radius 1 is 1.22 bits per heavy atom. The number of ether oxygens (including phenoxy) is 1. The molecule has 0 saturated carbocycles. The molecule has 1 amide bonds. The number of para-hydroxylation sites is 1. The molecule has 5 nitrogen and oxygen atoms in total. The van der Waals surface area contributed by atoms with E-state index in [1.807, 2.05) is 30.3 Å². The number of amides is 1. The van der Waals surface area contributed by atoms with Crippen LogP contribution in [0.5, 0.6) is 0 Å². The quantitative estimate of drug-likeness (QED) is 0.378. The highest BCUT2D eigenvalue weighted by Gasteiger charge is 2.22. The third kappa shape index (κ3) is 6.56. The van der Waals surface area contributed by atoms with E-state index in [4.69, 9.17) is 16.3 Å². The molecule has 0 spiro atoms. The SMILES string of the molecule is Cl.O=C(CCSc1ccc(Cl)cc1)N(CCN1CCOCC1)c1nc2c(F)cccc2s1. The second-order valence-electron chi connectivity index (χ2n) is 7.13. The van der Waals surface area contributed by atoms with Gasteiger partial charge in [0, 0.05) is 48.3 Å². The molecule has 0 bridgehead atoms. The first kappa shape index (κ1) is 25.2. The summed E-state index contributed by atoms with van der Waals surface area (Å²) in [5, 5.41) is 1.24. The van der Waals surface area contributed by atoms with Crippen LogP contribution in [0.15, 0.2) is 47.4 Å². The zero-order valence-electron chi connectivity index (χ0n) is 17.3. The fourth-order valence-corrected chi connectivity index (χ4v) is 5.32. The number of aromatic nitrogens is 1. The van der Waals surface area contributed by atoms with E-state index in [0.29, 0.717) is 47.6 Å². The Bertz CT molecular complexity index is 1030. The minimum atomic E-state index is -0.362. The minimum absolute atomic E-state index is 0. The van der Waals surface area contributed by atoms with Crippen molar-refractivity contribution in [2.24, 2.45) is 0 Å². The normalized spacial score (nSPS) is 14.3. The lowest BCUT2D eigenvalue weighted by Gasteiger charge is -2.29. The Labute approximate surface area is 206 Å². The third-order valence-corrected chi connectivity index (χ3v) is 7.34. The lowest BCUT2D eigenvalue weighted by Crippen LogP contribution is -2.43. The van der Waals surface area contributed by atoms with Crippen LogP contribution in [0.1, 0.15) is 6.42 Å². The van der Waals surface area contributed by atoms with Gasteiger partial charge in [-0.05, 0) is 36.4 Å². The number of thioether (sulfide) groups is 1. The predicted molar refractivity (Wildman–Crippen MR) is 133 cm³/mol. The Balaban J connectivity index is 0.00000289. The van der Waals surface area contributed by atoms with E-state index in [9.17, 15) is 9.18 Å².